The van der Waals surface area contributed by atoms with E-state index in [-0.39, 0.29) is 11.7 Å². The van der Waals surface area contributed by atoms with Crippen molar-refractivity contribution in [1.29, 1.82) is 0 Å². The smallest absolute Gasteiger partial charge is 0.234 e. The molecule has 0 atom stereocenters. The number of nitrogens with one attached hydrogen (secondary N) is 2. The van der Waals surface area contributed by atoms with Gasteiger partial charge in [0.25, 0.3) is 0 Å². The van der Waals surface area contributed by atoms with E-state index in [4.69, 9.17) is 11.6 Å². The predicted molar refractivity (Wildman–Crippen MR) is 110 cm³/mol. The maximum Gasteiger partial charge on any atom is 0.234 e. The Balaban J connectivity index is 1.56. The van der Waals surface area contributed by atoms with E-state index in [1.807, 2.05) is 24.3 Å². The van der Waals surface area contributed by atoms with Gasteiger partial charge in [0, 0.05) is 5.69 Å². The molecule has 1 aromatic heterocycles. The first-order valence-corrected chi connectivity index (χ1v) is 10.0. The molecule has 0 radical (unpaired) electrons. The van der Waals surface area contributed by atoms with Gasteiger partial charge in [0.05, 0.1) is 16.5 Å². The molecule has 0 fully saturated rings. The highest BCUT2D eigenvalue weighted by Crippen LogP contribution is 2.29. The van der Waals surface area contributed by atoms with Gasteiger partial charge in [0.2, 0.25) is 11.0 Å². The number of hydrogen-bond donors (Lipinski definition) is 2. The van der Waals surface area contributed by atoms with Crippen molar-refractivity contribution in [3.05, 3.63) is 58.6 Å². The average molecular weight is 405 g/mol. The summed E-state index contributed by atoms with van der Waals surface area (Å²) >= 11 is 8.80. The first-order valence-electron chi connectivity index (χ1n) is 7.87. The van der Waals surface area contributed by atoms with Gasteiger partial charge < -0.3 is 10.6 Å². The fourth-order valence-corrected chi connectivity index (χ4v) is 3.94. The topological polar surface area (TPSA) is 66.9 Å². The Morgan fingerprint density at radius 3 is 2.69 bits per heavy atom. The van der Waals surface area contributed by atoms with Crippen LogP contribution in [0.1, 0.15) is 11.1 Å². The largest absolute Gasteiger partial charge is 0.330 e. The van der Waals surface area contributed by atoms with E-state index in [1.165, 1.54) is 34.2 Å². The summed E-state index contributed by atoms with van der Waals surface area (Å²) in [5.41, 5.74) is 4.00. The zero-order valence-electron chi connectivity index (χ0n) is 14.2. The van der Waals surface area contributed by atoms with Gasteiger partial charge in [-0.25, -0.2) is 0 Å². The molecular formula is C18H17ClN4OS2. The quantitative estimate of drug-likeness (QED) is 0.547. The van der Waals surface area contributed by atoms with E-state index in [9.17, 15) is 4.79 Å². The van der Waals surface area contributed by atoms with Crippen LogP contribution in [-0.2, 0) is 4.79 Å². The van der Waals surface area contributed by atoms with Crippen molar-refractivity contribution in [2.45, 2.75) is 18.2 Å². The Labute approximate surface area is 165 Å². The second kappa shape index (κ2) is 8.53. The number of aryl methyl sites for hydroxylation is 1. The number of aromatic nitrogens is 2. The summed E-state index contributed by atoms with van der Waals surface area (Å²) in [4.78, 5) is 12.1. The predicted octanol–water partition coefficient (Wildman–Crippen LogP) is 5.28. The SMILES string of the molecule is Cc1cccc(Nc2nnc(SCC(=O)Nc3ccccc3Cl)s2)c1C. The Morgan fingerprint density at radius 1 is 1.12 bits per heavy atom. The molecule has 8 heteroatoms. The molecule has 2 N–H and O–H groups in total. The summed E-state index contributed by atoms with van der Waals surface area (Å²) in [5, 5.41) is 15.6. The minimum Gasteiger partial charge on any atom is -0.330 e. The summed E-state index contributed by atoms with van der Waals surface area (Å²) in [6.45, 7) is 4.13. The first kappa shape index (κ1) is 18.7. The Morgan fingerprint density at radius 2 is 1.88 bits per heavy atom. The minimum atomic E-state index is -0.137. The van der Waals surface area contributed by atoms with Crippen LogP contribution in [0.4, 0.5) is 16.5 Å². The third kappa shape index (κ3) is 4.75. The standard InChI is InChI=1S/C18H17ClN4OS2/c1-11-6-5-9-14(12(11)2)21-17-22-23-18(26-17)25-10-16(24)20-15-8-4-3-7-13(15)19/h3-9H,10H2,1-2H3,(H,20,24)(H,21,22). The van der Waals surface area contributed by atoms with Crippen LogP contribution in [0.25, 0.3) is 0 Å². The van der Waals surface area contributed by atoms with E-state index >= 15 is 0 Å². The maximum atomic E-state index is 12.1. The number of carbonyl (C=O) groups is 1. The molecule has 134 valence electrons. The molecule has 5 nitrogen and oxygen atoms in total. The van der Waals surface area contributed by atoms with Crippen molar-refractivity contribution >= 4 is 57.1 Å². The molecule has 0 saturated carbocycles. The molecule has 2 aromatic carbocycles. The molecule has 0 bridgehead atoms. The van der Waals surface area contributed by atoms with Gasteiger partial charge in [0.1, 0.15) is 0 Å². The lowest BCUT2D eigenvalue weighted by Crippen LogP contribution is -2.14. The first-order chi connectivity index (χ1) is 12.5. The molecule has 0 aliphatic carbocycles. The highest BCUT2D eigenvalue weighted by atomic mass is 35.5. The van der Waals surface area contributed by atoms with Gasteiger partial charge in [0.15, 0.2) is 4.34 Å². The highest BCUT2D eigenvalue weighted by Gasteiger charge is 2.10. The van der Waals surface area contributed by atoms with Crippen LogP contribution >= 0.6 is 34.7 Å². The average Bonchev–Trinajstić information content (AvgIpc) is 3.07. The lowest BCUT2D eigenvalue weighted by atomic mass is 10.1. The van der Waals surface area contributed by atoms with Gasteiger partial charge >= 0.3 is 0 Å². The fourth-order valence-electron chi connectivity index (χ4n) is 2.20. The second-order valence-corrected chi connectivity index (χ2v) is 8.17. The summed E-state index contributed by atoms with van der Waals surface area (Å²) in [6.07, 6.45) is 0. The normalized spacial score (nSPS) is 10.6. The highest BCUT2D eigenvalue weighted by molar-refractivity contribution is 8.01. The Kier molecular flexibility index (Phi) is 6.13. The molecule has 0 unspecified atom stereocenters. The molecule has 3 aromatic rings. The molecule has 26 heavy (non-hydrogen) atoms. The van der Waals surface area contributed by atoms with E-state index < -0.39 is 0 Å². The van der Waals surface area contributed by atoms with Crippen LogP contribution in [0.3, 0.4) is 0 Å². The van der Waals surface area contributed by atoms with Crippen LogP contribution in [0.5, 0.6) is 0 Å². The summed E-state index contributed by atoms with van der Waals surface area (Å²) < 4.78 is 0.729. The van der Waals surface area contributed by atoms with Gasteiger partial charge in [-0.1, -0.05) is 59.0 Å². The molecule has 1 heterocycles. The number of carbonyl (C=O) groups excluding carboxylic acids is 1. The van der Waals surface area contributed by atoms with Gasteiger partial charge in [-0.2, -0.15) is 0 Å². The van der Waals surface area contributed by atoms with Crippen LogP contribution in [0.2, 0.25) is 5.02 Å². The van der Waals surface area contributed by atoms with Crippen molar-refractivity contribution in [2.75, 3.05) is 16.4 Å². The summed E-state index contributed by atoms with van der Waals surface area (Å²) in [7, 11) is 0. The van der Waals surface area contributed by atoms with Crippen molar-refractivity contribution in [3.63, 3.8) is 0 Å². The zero-order chi connectivity index (χ0) is 18.5. The van der Waals surface area contributed by atoms with E-state index in [1.54, 1.807) is 12.1 Å². The minimum absolute atomic E-state index is 0.137. The number of rotatable bonds is 6. The molecule has 0 spiro atoms. The van der Waals surface area contributed by atoms with Gasteiger partial charge in [-0.15, -0.1) is 10.2 Å². The third-order valence-electron chi connectivity index (χ3n) is 3.73. The maximum absolute atomic E-state index is 12.1. The fraction of sp³-hybridized carbons (Fsp3) is 0.167. The molecule has 0 saturated heterocycles. The van der Waals surface area contributed by atoms with Crippen LogP contribution in [0.15, 0.2) is 46.8 Å². The lowest BCUT2D eigenvalue weighted by Gasteiger charge is -2.08. The molecule has 3 rings (SSSR count). The Hall–Kier alpha value is -2.09. The van der Waals surface area contributed by atoms with Gasteiger partial charge in [-0.3, -0.25) is 4.79 Å². The van der Waals surface area contributed by atoms with Gasteiger partial charge in [-0.05, 0) is 43.2 Å². The molecule has 0 aliphatic heterocycles. The number of anilines is 3. The summed E-state index contributed by atoms with van der Waals surface area (Å²) in [5.74, 6) is 0.103. The van der Waals surface area contributed by atoms with Crippen molar-refractivity contribution in [3.8, 4) is 0 Å². The Bertz CT molecular complexity index is 929. The lowest BCUT2D eigenvalue weighted by molar-refractivity contribution is -0.113. The van der Waals surface area contributed by atoms with E-state index in [2.05, 4.69) is 40.7 Å². The number of thioether (sulfide) groups is 1. The van der Waals surface area contributed by atoms with E-state index in [0.717, 1.165) is 10.0 Å². The number of para-hydroxylation sites is 1. The summed E-state index contributed by atoms with van der Waals surface area (Å²) in [6, 6.07) is 13.2. The number of nitrogens with zero attached hydrogens (tertiary/aromatic N) is 2. The van der Waals surface area contributed by atoms with E-state index in [0.29, 0.717) is 15.8 Å². The number of benzene rings is 2. The van der Waals surface area contributed by atoms with Crippen molar-refractivity contribution < 1.29 is 4.79 Å². The van der Waals surface area contributed by atoms with Crippen LogP contribution < -0.4 is 10.6 Å². The van der Waals surface area contributed by atoms with Crippen molar-refractivity contribution in [1.82, 2.24) is 10.2 Å². The second-order valence-electron chi connectivity index (χ2n) is 5.56. The third-order valence-corrected chi connectivity index (χ3v) is 6.03. The monoisotopic (exact) mass is 404 g/mol. The number of halogens is 1. The van der Waals surface area contributed by atoms with Crippen LogP contribution in [-0.4, -0.2) is 21.9 Å². The number of hydrogen-bond acceptors (Lipinski definition) is 6. The number of amides is 1. The zero-order valence-corrected chi connectivity index (χ0v) is 16.6. The molecular weight excluding hydrogens is 388 g/mol. The molecule has 0 aliphatic rings. The molecule has 1 amide bonds. The van der Waals surface area contributed by atoms with Crippen LogP contribution in [0, 0.1) is 13.8 Å². The van der Waals surface area contributed by atoms with Crippen molar-refractivity contribution in [2.24, 2.45) is 0 Å².